The molecule has 1 aliphatic rings. The molecule has 1 heterocycles. The number of hydrogen-bond acceptors (Lipinski definition) is 2. The third-order valence-electron chi connectivity index (χ3n) is 1.32. The molecule has 0 fully saturated rings. The van der Waals surface area contributed by atoms with Crippen LogP contribution in [-0.2, 0) is 9.53 Å². The number of carbonyl (C=O) groups is 1. The van der Waals surface area contributed by atoms with Crippen LogP contribution in [0.2, 0.25) is 0 Å². The maximum Gasteiger partial charge on any atom is 0.162 e. The molecule has 0 N–H and O–H groups in total. The van der Waals surface area contributed by atoms with E-state index in [1.807, 2.05) is 0 Å². The number of rotatable bonds is 2. The minimum atomic E-state index is 0.125. The van der Waals surface area contributed by atoms with Gasteiger partial charge in [0.15, 0.2) is 5.78 Å². The van der Waals surface area contributed by atoms with Crippen LogP contribution in [0, 0.1) is 0 Å². The fourth-order valence-corrected chi connectivity index (χ4v) is 0.801. The highest BCUT2D eigenvalue weighted by Crippen LogP contribution is 2.07. The second kappa shape index (κ2) is 3.76. The zero-order chi connectivity index (χ0) is 8.10. The zero-order valence-corrected chi connectivity index (χ0v) is 6.25. The molecule has 0 unspecified atom stereocenters. The molecule has 0 saturated carbocycles. The van der Waals surface area contributed by atoms with Crippen LogP contribution in [0.5, 0.6) is 0 Å². The maximum atomic E-state index is 10.8. The first kappa shape index (κ1) is 7.79. The first-order valence-corrected chi connectivity index (χ1v) is 3.49. The van der Waals surface area contributed by atoms with Gasteiger partial charge in [-0.2, -0.15) is 0 Å². The largest absolute Gasteiger partial charge is 0.493 e. The maximum absolute atomic E-state index is 10.8. The molecule has 1 rings (SSSR count). The van der Waals surface area contributed by atoms with E-state index in [4.69, 9.17) is 4.74 Å². The van der Waals surface area contributed by atoms with Gasteiger partial charge in [-0.15, -0.1) is 0 Å². The van der Waals surface area contributed by atoms with Gasteiger partial charge in [0.1, 0.15) is 5.76 Å². The number of ketones is 1. The molecule has 0 aromatic carbocycles. The summed E-state index contributed by atoms with van der Waals surface area (Å²) in [5.74, 6) is 0.751. The smallest absolute Gasteiger partial charge is 0.162 e. The van der Waals surface area contributed by atoms with E-state index in [1.54, 1.807) is 18.2 Å². The van der Waals surface area contributed by atoms with Crippen LogP contribution in [0.25, 0.3) is 0 Å². The Balaban J connectivity index is 2.63. The van der Waals surface area contributed by atoms with Crippen LogP contribution in [0.1, 0.15) is 6.42 Å². The van der Waals surface area contributed by atoms with E-state index in [-0.39, 0.29) is 5.78 Å². The number of allylic oxidation sites excluding steroid dienone is 4. The summed E-state index contributed by atoms with van der Waals surface area (Å²) in [6.07, 6.45) is 7.10. The van der Waals surface area contributed by atoms with Crippen molar-refractivity contribution in [3.8, 4) is 0 Å². The molecule has 0 atom stereocenters. The van der Waals surface area contributed by atoms with Crippen molar-refractivity contribution in [2.45, 2.75) is 6.42 Å². The van der Waals surface area contributed by atoms with Crippen molar-refractivity contribution < 1.29 is 9.53 Å². The molecule has 0 bridgehead atoms. The van der Waals surface area contributed by atoms with E-state index in [0.29, 0.717) is 18.8 Å². The van der Waals surface area contributed by atoms with Crippen LogP contribution in [0.3, 0.4) is 0 Å². The average Bonchev–Trinajstić information content (AvgIpc) is 2.01. The fourth-order valence-electron chi connectivity index (χ4n) is 0.801. The zero-order valence-electron chi connectivity index (χ0n) is 6.25. The van der Waals surface area contributed by atoms with E-state index in [9.17, 15) is 4.79 Å². The molecule has 0 radical (unpaired) electrons. The number of carbonyl (C=O) groups excluding carboxylic acids is 1. The lowest BCUT2D eigenvalue weighted by atomic mass is 10.2. The molecular weight excluding hydrogens is 140 g/mol. The summed E-state index contributed by atoms with van der Waals surface area (Å²) >= 11 is 0. The van der Waals surface area contributed by atoms with E-state index < -0.39 is 0 Å². The first-order chi connectivity index (χ1) is 5.33. The molecule has 1 aliphatic heterocycles. The Hall–Kier alpha value is -1.31. The normalized spacial score (nSPS) is 17.8. The van der Waals surface area contributed by atoms with Gasteiger partial charge in [0.25, 0.3) is 0 Å². The first-order valence-electron chi connectivity index (χ1n) is 3.49. The third-order valence-corrected chi connectivity index (χ3v) is 1.32. The van der Waals surface area contributed by atoms with Crippen molar-refractivity contribution in [3.63, 3.8) is 0 Å². The molecule has 11 heavy (non-hydrogen) atoms. The summed E-state index contributed by atoms with van der Waals surface area (Å²) in [7, 11) is 0. The van der Waals surface area contributed by atoms with Gasteiger partial charge in [-0.1, -0.05) is 18.7 Å². The topological polar surface area (TPSA) is 26.3 Å². The van der Waals surface area contributed by atoms with Crippen molar-refractivity contribution in [1.82, 2.24) is 0 Å². The van der Waals surface area contributed by atoms with Gasteiger partial charge in [0, 0.05) is 12.5 Å². The highest BCUT2D eigenvalue weighted by molar-refractivity contribution is 5.91. The number of hydrogen-bond donors (Lipinski definition) is 0. The second-order valence-electron chi connectivity index (χ2n) is 2.21. The van der Waals surface area contributed by atoms with Crippen molar-refractivity contribution in [3.05, 3.63) is 36.6 Å². The standard InChI is InChI=1S/C9H10O2/c1-2-3-4-9-7-8(10)5-6-11-9/h2-4,7H,1,5-6H2/b4-3-. The Kier molecular flexibility index (Phi) is 2.66. The molecule has 0 aromatic heterocycles. The second-order valence-corrected chi connectivity index (χ2v) is 2.21. The average molecular weight is 150 g/mol. The van der Waals surface area contributed by atoms with E-state index >= 15 is 0 Å². The van der Waals surface area contributed by atoms with Crippen LogP contribution in [0.15, 0.2) is 36.6 Å². The Labute approximate surface area is 65.9 Å². The molecule has 0 amide bonds. The summed E-state index contributed by atoms with van der Waals surface area (Å²) in [6.45, 7) is 4.00. The van der Waals surface area contributed by atoms with E-state index in [1.165, 1.54) is 6.08 Å². The summed E-state index contributed by atoms with van der Waals surface area (Å²) in [4.78, 5) is 10.8. The predicted octanol–water partition coefficient (Wildman–Crippen LogP) is 1.60. The molecule has 0 spiro atoms. The Morgan fingerprint density at radius 1 is 1.64 bits per heavy atom. The molecule has 0 saturated heterocycles. The van der Waals surface area contributed by atoms with Gasteiger partial charge in [0.2, 0.25) is 0 Å². The minimum absolute atomic E-state index is 0.125. The van der Waals surface area contributed by atoms with Crippen LogP contribution < -0.4 is 0 Å². The summed E-state index contributed by atoms with van der Waals surface area (Å²) < 4.78 is 5.16. The summed E-state index contributed by atoms with van der Waals surface area (Å²) in [5, 5.41) is 0. The summed E-state index contributed by atoms with van der Waals surface area (Å²) in [5.41, 5.74) is 0. The minimum Gasteiger partial charge on any atom is -0.493 e. The Bertz CT molecular complexity index is 224. The van der Waals surface area contributed by atoms with Gasteiger partial charge in [-0.3, -0.25) is 4.79 Å². The highest BCUT2D eigenvalue weighted by Gasteiger charge is 2.07. The van der Waals surface area contributed by atoms with Gasteiger partial charge in [-0.25, -0.2) is 0 Å². The SMILES string of the molecule is C=C/C=C\C1=CC(=O)CCO1. The highest BCUT2D eigenvalue weighted by atomic mass is 16.5. The van der Waals surface area contributed by atoms with Crippen molar-refractivity contribution in [2.75, 3.05) is 6.61 Å². The van der Waals surface area contributed by atoms with Crippen LogP contribution in [0.4, 0.5) is 0 Å². The monoisotopic (exact) mass is 150 g/mol. The van der Waals surface area contributed by atoms with Crippen molar-refractivity contribution in [2.24, 2.45) is 0 Å². The predicted molar refractivity (Wildman–Crippen MR) is 43.0 cm³/mol. The lowest BCUT2D eigenvalue weighted by molar-refractivity contribution is -0.116. The van der Waals surface area contributed by atoms with E-state index in [2.05, 4.69) is 6.58 Å². The molecule has 2 nitrogen and oxygen atoms in total. The molecule has 2 heteroatoms. The molecule has 58 valence electrons. The Morgan fingerprint density at radius 2 is 2.45 bits per heavy atom. The third kappa shape index (κ3) is 2.42. The number of ether oxygens (including phenoxy) is 1. The van der Waals surface area contributed by atoms with Gasteiger partial charge < -0.3 is 4.74 Å². The van der Waals surface area contributed by atoms with Crippen LogP contribution >= 0.6 is 0 Å². The Morgan fingerprint density at radius 3 is 3.09 bits per heavy atom. The lowest BCUT2D eigenvalue weighted by Gasteiger charge is -2.09. The van der Waals surface area contributed by atoms with E-state index in [0.717, 1.165) is 0 Å². The molecular formula is C9H10O2. The lowest BCUT2D eigenvalue weighted by Crippen LogP contribution is -2.08. The van der Waals surface area contributed by atoms with Gasteiger partial charge >= 0.3 is 0 Å². The van der Waals surface area contributed by atoms with Gasteiger partial charge in [0.05, 0.1) is 6.61 Å². The molecule has 0 aromatic rings. The summed E-state index contributed by atoms with van der Waals surface area (Å²) in [6, 6.07) is 0. The fraction of sp³-hybridized carbons (Fsp3) is 0.222. The van der Waals surface area contributed by atoms with Crippen LogP contribution in [-0.4, -0.2) is 12.4 Å². The van der Waals surface area contributed by atoms with Crippen molar-refractivity contribution >= 4 is 5.78 Å². The molecule has 0 aliphatic carbocycles. The van der Waals surface area contributed by atoms with Crippen molar-refractivity contribution in [1.29, 1.82) is 0 Å². The quantitative estimate of drug-likeness (QED) is 0.559. The van der Waals surface area contributed by atoms with Gasteiger partial charge in [-0.05, 0) is 6.08 Å².